The Bertz CT molecular complexity index is 1640. The molecular weight excluding hydrogens is 510 g/mol. The smallest absolute Gasteiger partial charge is 0.206 e. The molecule has 38 heavy (non-hydrogen) atoms. The molecular formula is C26H8F6N6. The average molecular weight is 518 g/mol. The third-order valence-electron chi connectivity index (χ3n) is 5.61. The summed E-state index contributed by atoms with van der Waals surface area (Å²) < 4.78 is 84.2. The van der Waals surface area contributed by atoms with Gasteiger partial charge in [0, 0.05) is 22.3 Å². The van der Waals surface area contributed by atoms with Crippen LogP contribution in [0.15, 0.2) is 58.6 Å². The lowest BCUT2D eigenvalue weighted by atomic mass is 9.87. The fraction of sp³-hybridized carbons (Fsp3) is 0. The lowest BCUT2D eigenvalue weighted by molar-refractivity contribution is 0.447. The van der Waals surface area contributed by atoms with Gasteiger partial charge < -0.3 is 0 Å². The molecule has 5 rings (SSSR count). The molecule has 0 amide bonds. The quantitative estimate of drug-likeness (QED) is 0.0953. The van der Waals surface area contributed by atoms with Crippen molar-refractivity contribution in [1.82, 2.24) is 9.97 Å². The first kappa shape index (κ1) is 24.3. The first-order valence-corrected chi connectivity index (χ1v) is 10.5. The van der Waals surface area contributed by atoms with Crippen LogP contribution >= 0.6 is 0 Å². The lowest BCUT2D eigenvalue weighted by Crippen LogP contribution is -2.25. The summed E-state index contributed by atoms with van der Waals surface area (Å²) in [6.07, 6.45) is 1.63. The van der Waals surface area contributed by atoms with E-state index in [1.807, 2.05) is 0 Å². The second kappa shape index (κ2) is 9.26. The van der Waals surface area contributed by atoms with Crippen molar-refractivity contribution in [3.05, 3.63) is 117 Å². The van der Waals surface area contributed by atoms with Crippen LogP contribution in [0.2, 0.25) is 0 Å². The van der Waals surface area contributed by atoms with Gasteiger partial charge in [-0.2, -0.15) is 16.8 Å². The Morgan fingerprint density at radius 3 is 1.53 bits per heavy atom. The summed E-state index contributed by atoms with van der Waals surface area (Å²) in [6, 6.07) is 8.69. The van der Waals surface area contributed by atoms with Crippen LogP contribution in [-0.4, -0.2) is 21.4 Å². The Hall–Kier alpha value is -5.36. The molecule has 0 bridgehead atoms. The summed E-state index contributed by atoms with van der Waals surface area (Å²) in [7, 11) is 0. The van der Waals surface area contributed by atoms with Gasteiger partial charge in [-0.15, -0.1) is 4.95 Å². The monoisotopic (exact) mass is 518 g/mol. The summed E-state index contributed by atoms with van der Waals surface area (Å²) in [5.74, 6) is -9.90. The number of nitriles is 1. The van der Waals surface area contributed by atoms with Crippen molar-refractivity contribution >= 4 is 11.4 Å². The van der Waals surface area contributed by atoms with Gasteiger partial charge in [0.1, 0.15) is 17.1 Å². The van der Waals surface area contributed by atoms with Crippen LogP contribution in [0, 0.1) is 52.9 Å². The van der Waals surface area contributed by atoms with Crippen molar-refractivity contribution in [2.24, 2.45) is 10.1 Å². The van der Waals surface area contributed by atoms with Crippen LogP contribution in [0.1, 0.15) is 22.5 Å². The van der Waals surface area contributed by atoms with Crippen molar-refractivity contribution in [3.63, 3.8) is 0 Å². The van der Waals surface area contributed by atoms with E-state index in [2.05, 4.69) is 25.0 Å². The number of halogens is 6. The van der Waals surface area contributed by atoms with Crippen LogP contribution in [0.4, 0.5) is 26.3 Å². The molecule has 0 fully saturated rings. The van der Waals surface area contributed by atoms with Crippen molar-refractivity contribution < 1.29 is 26.3 Å². The number of rotatable bonds is 2. The molecule has 0 spiro atoms. The first-order valence-electron chi connectivity index (χ1n) is 10.5. The number of aromatic nitrogens is 2. The molecule has 4 aromatic rings. The Labute approximate surface area is 209 Å². The molecule has 1 aliphatic rings. The summed E-state index contributed by atoms with van der Waals surface area (Å²) in [6.45, 7) is 7.24. The highest BCUT2D eigenvalue weighted by molar-refractivity contribution is 6.30. The zero-order valence-corrected chi connectivity index (χ0v) is 18.6. The summed E-state index contributed by atoms with van der Waals surface area (Å²) >= 11 is 0. The van der Waals surface area contributed by atoms with Gasteiger partial charge in [0.25, 0.3) is 0 Å². The highest BCUT2D eigenvalue weighted by atomic mass is 19.2. The Morgan fingerprint density at radius 2 is 1.11 bits per heavy atom. The number of aliphatic imine (C=N–C) groups is 1. The highest BCUT2D eigenvalue weighted by Gasteiger charge is 2.34. The molecule has 0 aliphatic heterocycles. The average Bonchev–Trinajstić information content (AvgIpc) is 2.91. The highest BCUT2D eigenvalue weighted by Crippen LogP contribution is 2.36. The molecule has 3 aromatic carbocycles. The van der Waals surface area contributed by atoms with Gasteiger partial charge in [0.15, 0.2) is 40.6 Å². The predicted molar refractivity (Wildman–Crippen MR) is 123 cm³/mol. The van der Waals surface area contributed by atoms with E-state index >= 15 is 0 Å². The maximum Gasteiger partial charge on any atom is 0.206 e. The molecule has 6 nitrogen and oxygen atoms in total. The van der Waals surface area contributed by atoms with Gasteiger partial charge in [-0.3, -0.25) is 0 Å². The molecule has 184 valence electrons. The van der Waals surface area contributed by atoms with Gasteiger partial charge in [-0.05, 0) is 24.3 Å². The topological polar surface area (TPSA) is 78.6 Å². The van der Waals surface area contributed by atoms with E-state index in [0.717, 1.165) is 0 Å². The van der Waals surface area contributed by atoms with E-state index in [-0.39, 0.29) is 22.8 Å². The van der Waals surface area contributed by atoms with Gasteiger partial charge in [0.05, 0.1) is 16.5 Å². The van der Waals surface area contributed by atoms with Gasteiger partial charge >= 0.3 is 0 Å². The van der Waals surface area contributed by atoms with E-state index in [1.165, 1.54) is 0 Å². The molecule has 1 aliphatic carbocycles. The molecule has 0 N–H and O–H groups in total. The van der Waals surface area contributed by atoms with Crippen LogP contribution in [-0.2, 0) is 0 Å². The minimum Gasteiger partial charge on any atom is -0.241 e. The van der Waals surface area contributed by atoms with Crippen molar-refractivity contribution in [2.75, 3.05) is 0 Å². The standard InChI is InChI=1S/C26H8F6N6/c1-34-38-24-14-5-3-2-4-13(14)23(35-10-33)25-26(24)37-22(12-8-17(29)20(32)18(30)9-12)21(36-25)11-6-15(27)19(31)16(28)7-11/h2-9H/b35-23-,38-24+. The second-order valence-electron chi connectivity index (χ2n) is 7.78. The van der Waals surface area contributed by atoms with Gasteiger partial charge in [0.2, 0.25) is 6.19 Å². The fourth-order valence-electron chi connectivity index (χ4n) is 4.02. The van der Waals surface area contributed by atoms with E-state index < -0.39 is 57.4 Å². The largest absolute Gasteiger partial charge is 0.241 e. The zero-order chi connectivity index (χ0) is 27.1. The first-order chi connectivity index (χ1) is 18.2. The van der Waals surface area contributed by atoms with E-state index in [9.17, 15) is 31.6 Å². The van der Waals surface area contributed by atoms with Crippen LogP contribution in [0.3, 0.4) is 0 Å². The van der Waals surface area contributed by atoms with Crippen LogP contribution in [0.25, 0.3) is 27.5 Å². The maximum absolute atomic E-state index is 14.2. The summed E-state index contributed by atoms with van der Waals surface area (Å²) in [5.41, 5.74) is -1.32. The minimum atomic E-state index is -1.77. The van der Waals surface area contributed by atoms with Crippen LogP contribution in [0.5, 0.6) is 0 Å². The normalized spacial score (nSPS) is 14.1. The number of fused-ring (bicyclic) bond motifs is 2. The number of benzene rings is 3. The van der Waals surface area contributed by atoms with Crippen molar-refractivity contribution in [1.29, 1.82) is 5.26 Å². The van der Waals surface area contributed by atoms with Crippen molar-refractivity contribution in [3.8, 4) is 28.7 Å². The van der Waals surface area contributed by atoms with Gasteiger partial charge in [-0.25, -0.2) is 36.3 Å². The van der Waals surface area contributed by atoms with E-state index in [1.54, 1.807) is 30.5 Å². The van der Waals surface area contributed by atoms with Gasteiger partial charge in [-0.1, -0.05) is 24.3 Å². The Balaban J connectivity index is 1.94. The molecule has 0 atom stereocenters. The zero-order valence-electron chi connectivity index (χ0n) is 18.6. The second-order valence-corrected chi connectivity index (χ2v) is 7.78. The summed E-state index contributed by atoms with van der Waals surface area (Å²) in [4.78, 5) is 15.6. The molecule has 1 aromatic heterocycles. The third-order valence-corrected chi connectivity index (χ3v) is 5.61. The number of hydrogen-bond acceptors (Lipinski definition) is 5. The fourth-order valence-corrected chi connectivity index (χ4v) is 4.02. The minimum absolute atomic E-state index is 0.0395. The molecule has 1 heterocycles. The Kier molecular flexibility index (Phi) is 5.93. The van der Waals surface area contributed by atoms with Crippen LogP contribution < -0.4 is 0 Å². The van der Waals surface area contributed by atoms with Crippen molar-refractivity contribution in [2.45, 2.75) is 0 Å². The van der Waals surface area contributed by atoms with E-state index in [0.29, 0.717) is 35.4 Å². The van der Waals surface area contributed by atoms with E-state index in [4.69, 9.17) is 6.57 Å². The molecule has 12 heteroatoms. The molecule has 0 saturated carbocycles. The SMILES string of the molecule is [C-]#[N+]/N=C1\c2ccccc2/C(=N/C#N)c2nc(-c3cc(F)c(F)c(F)c3)c(-c3cc(F)c(F)c(F)c3)nc21. The number of hydrogen-bond donors (Lipinski definition) is 0. The third kappa shape index (κ3) is 3.85. The summed E-state index contributed by atoms with van der Waals surface area (Å²) in [5, 5.41) is 13.1. The molecule has 0 saturated heterocycles. The number of nitrogens with zero attached hydrogens (tertiary/aromatic N) is 6. The lowest BCUT2D eigenvalue weighted by Gasteiger charge is -2.21. The predicted octanol–water partition coefficient (Wildman–Crippen LogP) is 5.95. The maximum atomic E-state index is 14.2. The Morgan fingerprint density at radius 1 is 0.684 bits per heavy atom. The molecule has 0 radical (unpaired) electrons. The molecule has 0 unspecified atom stereocenters.